The molecule has 0 bridgehead atoms. The average molecular weight is 844 g/mol. The summed E-state index contributed by atoms with van der Waals surface area (Å²) in [4.78, 5) is 10.9. The maximum Gasteiger partial charge on any atom is 0.160 e. The molecule has 10 aromatic rings. The number of rotatable bonds is 10. The van der Waals surface area contributed by atoms with Gasteiger partial charge in [-0.2, -0.15) is 0 Å². The van der Waals surface area contributed by atoms with E-state index in [1.807, 2.05) is 6.07 Å². The minimum Gasteiger partial charge on any atom is -0.373 e. The Balaban J connectivity index is 1.16. The minimum absolute atomic E-state index is 0.158. The van der Waals surface area contributed by atoms with Gasteiger partial charge in [-0.25, -0.2) is 9.97 Å². The topological polar surface area (TPSA) is 37.8 Å². The number of nitrogens with one attached hydrogen (secondary N) is 1. The third-order valence-electron chi connectivity index (χ3n) is 12.3. The van der Waals surface area contributed by atoms with Crippen LogP contribution in [0.5, 0.6) is 0 Å². The Bertz CT molecular complexity index is 3270. The van der Waals surface area contributed by atoms with Crippen LogP contribution in [0.15, 0.2) is 261 Å². The van der Waals surface area contributed by atoms with Gasteiger partial charge >= 0.3 is 0 Å². The molecule has 0 saturated carbocycles. The zero-order chi connectivity index (χ0) is 44.1. The van der Waals surface area contributed by atoms with E-state index in [4.69, 9.17) is 9.97 Å². The van der Waals surface area contributed by atoms with Gasteiger partial charge in [-0.15, -0.1) is 0 Å². The van der Waals surface area contributed by atoms with E-state index < -0.39 is 0 Å². The highest BCUT2D eigenvalue weighted by Crippen LogP contribution is 2.50. The summed E-state index contributed by atoms with van der Waals surface area (Å²) < 4.78 is 0. The molecule has 0 fully saturated rings. The van der Waals surface area contributed by atoms with Crippen LogP contribution in [0.4, 0.5) is 0 Å². The predicted molar refractivity (Wildman–Crippen MR) is 274 cm³/mol. The van der Waals surface area contributed by atoms with E-state index in [1.54, 1.807) is 0 Å². The normalized spacial score (nSPS) is 13.6. The van der Waals surface area contributed by atoms with Crippen LogP contribution in [0.25, 0.3) is 78.6 Å². The maximum atomic E-state index is 5.48. The third-order valence-corrected chi connectivity index (χ3v) is 12.3. The molecule has 0 saturated heterocycles. The molecule has 0 spiro atoms. The lowest BCUT2D eigenvalue weighted by atomic mass is 9.77. The van der Waals surface area contributed by atoms with Crippen molar-refractivity contribution >= 4 is 22.4 Å². The fourth-order valence-electron chi connectivity index (χ4n) is 9.21. The first kappa shape index (κ1) is 40.1. The lowest BCUT2D eigenvalue weighted by Gasteiger charge is -2.36. The summed E-state index contributed by atoms with van der Waals surface area (Å²) in [5.74, 6) is 0.656. The first-order valence-electron chi connectivity index (χ1n) is 22.5. The molecule has 0 aliphatic carbocycles. The van der Waals surface area contributed by atoms with Gasteiger partial charge in [0.25, 0.3) is 0 Å². The van der Waals surface area contributed by atoms with Gasteiger partial charge < -0.3 is 5.32 Å². The summed E-state index contributed by atoms with van der Waals surface area (Å²) in [6.07, 6.45) is 0. The Hall–Kier alpha value is -8.66. The molecule has 2 heterocycles. The van der Waals surface area contributed by atoms with Gasteiger partial charge in [0.05, 0.1) is 23.1 Å². The van der Waals surface area contributed by atoms with E-state index in [9.17, 15) is 0 Å². The van der Waals surface area contributed by atoms with Crippen LogP contribution in [0.2, 0.25) is 0 Å². The second-order valence-corrected chi connectivity index (χ2v) is 16.6. The van der Waals surface area contributed by atoms with E-state index in [0.29, 0.717) is 5.82 Å². The second kappa shape index (κ2) is 18.2. The Labute approximate surface area is 386 Å². The average Bonchev–Trinajstić information content (AvgIpc) is 3.41. The number of dihydropyridines is 1. The number of allylic oxidation sites excluding steroid dienone is 2. The van der Waals surface area contributed by atoms with Crippen LogP contribution >= 0.6 is 0 Å². The van der Waals surface area contributed by atoms with Crippen molar-refractivity contribution in [3.05, 3.63) is 289 Å². The van der Waals surface area contributed by atoms with Gasteiger partial charge in [0.1, 0.15) is 0 Å². The molecular formula is C63H45N3. The van der Waals surface area contributed by atoms with E-state index in [-0.39, 0.29) is 6.04 Å². The van der Waals surface area contributed by atoms with E-state index in [1.165, 1.54) is 11.1 Å². The monoisotopic (exact) mass is 843 g/mol. The van der Waals surface area contributed by atoms with Gasteiger partial charge in [-0.1, -0.05) is 231 Å². The highest BCUT2D eigenvalue weighted by Gasteiger charge is 2.33. The van der Waals surface area contributed by atoms with Crippen molar-refractivity contribution in [2.75, 3.05) is 0 Å². The number of aromatic nitrogens is 2. The van der Waals surface area contributed by atoms with Crippen LogP contribution < -0.4 is 5.32 Å². The van der Waals surface area contributed by atoms with Gasteiger partial charge in [0.2, 0.25) is 0 Å². The van der Waals surface area contributed by atoms with Crippen LogP contribution in [0.1, 0.15) is 33.9 Å². The van der Waals surface area contributed by atoms with E-state index in [0.717, 1.165) is 89.4 Å². The summed E-state index contributed by atoms with van der Waals surface area (Å²) in [6.45, 7) is 0. The van der Waals surface area contributed by atoms with Crippen LogP contribution in [-0.2, 0) is 0 Å². The standard InChI is InChI=1S/C63H45N3/c1-8-23-44(24-9-1)53-40-54(45-25-10-2-11-26-45)42-55(41-53)57-43-56(46-27-12-3-13-28-46)64-63(65-57)52-38-22-37-51(39-52)58-59(47-29-14-4-15-30-47)61(49-33-18-6-19-34-49)66-62(50-35-20-7-21-36-50)60(58)48-31-16-5-17-32-48/h1-43,61,66H. The molecule has 1 aromatic heterocycles. The van der Waals surface area contributed by atoms with E-state index >= 15 is 0 Å². The molecule has 66 heavy (non-hydrogen) atoms. The SMILES string of the molecule is c1ccc(C2=C(c3ccccc3)C(c3cccc(-c4nc(-c5ccccc5)cc(-c5cc(-c6ccccc6)cc(-c6ccccc6)c5)n4)c3)=C(c3ccccc3)C(c3ccccc3)N2)cc1. The Morgan fingerprint density at radius 3 is 1.21 bits per heavy atom. The summed E-state index contributed by atoms with van der Waals surface area (Å²) in [6, 6.07) is 92.4. The van der Waals surface area contributed by atoms with Crippen molar-refractivity contribution in [3.63, 3.8) is 0 Å². The minimum atomic E-state index is -0.158. The van der Waals surface area contributed by atoms with Gasteiger partial charge in [0.15, 0.2) is 5.82 Å². The summed E-state index contributed by atoms with van der Waals surface area (Å²) in [7, 11) is 0. The van der Waals surface area contributed by atoms with Gasteiger partial charge in [-0.3, -0.25) is 0 Å². The molecular weight excluding hydrogens is 799 g/mol. The van der Waals surface area contributed by atoms with Gasteiger partial charge in [-0.05, 0) is 91.5 Å². The fourth-order valence-corrected chi connectivity index (χ4v) is 9.21. The Kier molecular flexibility index (Phi) is 11.1. The molecule has 312 valence electrons. The smallest absolute Gasteiger partial charge is 0.160 e. The van der Waals surface area contributed by atoms with Crippen molar-refractivity contribution in [2.24, 2.45) is 0 Å². The van der Waals surface area contributed by atoms with Crippen molar-refractivity contribution in [1.29, 1.82) is 0 Å². The first-order chi connectivity index (χ1) is 32.7. The number of nitrogens with zero attached hydrogens (tertiary/aromatic N) is 2. The van der Waals surface area contributed by atoms with Crippen molar-refractivity contribution in [3.8, 4) is 56.2 Å². The third kappa shape index (κ3) is 8.18. The Morgan fingerprint density at radius 2 is 0.667 bits per heavy atom. The fraction of sp³-hybridized carbons (Fsp3) is 0.0159. The maximum absolute atomic E-state index is 5.48. The van der Waals surface area contributed by atoms with Crippen molar-refractivity contribution in [1.82, 2.24) is 15.3 Å². The molecule has 3 heteroatoms. The summed E-state index contributed by atoms with van der Waals surface area (Å²) >= 11 is 0. The predicted octanol–water partition coefficient (Wildman–Crippen LogP) is 15.6. The molecule has 0 amide bonds. The highest BCUT2D eigenvalue weighted by molar-refractivity contribution is 6.24. The van der Waals surface area contributed by atoms with Crippen LogP contribution in [-0.4, -0.2) is 9.97 Å². The largest absolute Gasteiger partial charge is 0.373 e. The van der Waals surface area contributed by atoms with Crippen LogP contribution in [0, 0.1) is 0 Å². The number of benzene rings is 9. The molecule has 1 aliphatic heterocycles. The first-order valence-corrected chi connectivity index (χ1v) is 22.5. The zero-order valence-electron chi connectivity index (χ0n) is 36.3. The number of hydrogen-bond acceptors (Lipinski definition) is 3. The zero-order valence-corrected chi connectivity index (χ0v) is 36.3. The van der Waals surface area contributed by atoms with Crippen LogP contribution in [0.3, 0.4) is 0 Å². The quantitative estimate of drug-likeness (QED) is 0.149. The Morgan fingerprint density at radius 1 is 0.273 bits per heavy atom. The van der Waals surface area contributed by atoms with Crippen molar-refractivity contribution < 1.29 is 0 Å². The second-order valence-electron chi connectivity index (χ2n) is 16.6. The highest BCUT2D eigenvalue weighted by atomic mass is 15.0. The lowest BCUT2D eigenvalue weighted by Crippen LogP contribution is -2.27. The van der Waals surface area contributed by atoms with E-state index in [2.05, 4.69) is 260 Å². The number of hydrogen-bond donors (Lipinski definition) is 1. The molecule has 1 atom stereocenters. The molecule has 11 rings (SSSR count). The summed E-state index contributed by atoms with van der Waals surface area (Å²) in [5, 5.41) is 4.11. The molecule has 9 aromatic carbocycles. The molecule has 1 N–H and O–H groups in total. The van der Waals surface area contributed by atoms with Crippen molar-refractivity contribution in [2.45, 2.75) is 6.04 Å². The molecule has 1 aliphatic rings. The molecule has 0 radical (unpaired) electrons. The molecule has 1 unspecified atom stereocenters. The lowest BCUT2D eigenvalue weighted by molar-refractivity contribution is 0.787. The summed E-state index contributed by atoms with van der Waals surface area (Å²) in [5.41, 5.74) is 19.5. The molecule has 3 nitrogen and oxygen atoms in total. The van der Waals surface area contributed by atoms with Gasteiger partial charge in [0, 0.05) is 22.3 Å².